The average molecular weight is 278 g/mol. The molecular formula is C18H18N2O. The molecule has 2 aliphatic heterocycles. The highest BCUT2D eigenvalue weighted by Gasteiger charge is 2.44. The lowest BCUT2D eigenvalue weighted by Crippen LogP contribution is -2.53. The molecule has 0 radical (unpaired) electrons. The number of rotatable bonds is 1. The fourth-order valence-corrected chi connectivity index (χ4v) is 3.37. The maximum Gasteiger partial charge on any atom is 0.169 e. The maximum atomic E-state index is 11.4. The molecule has 0 unspecified atom stereocenters. The second-order valence-electron chi connectivity index (χ2n) is 5.87. The highest BCUT2D eigenvalue weighted by atomic mass is 16.3. The van der Waals surface area contributed by atoms with Gasteiger partial charge in [-0.3, -0.25) is 4.99 Å². The summed E-state index contributed by atoms with van der Waals surface area (Å²) in [5.41, 5.74) is 3.48. The third kappa shape index (κ3) is 1.81. The Morgan fingerprint density at radius 3 is 2.67 bits per heavy atom. The standard InChI is InChI=1S/C18H18N2O/c1-13-6-8-15(9-7-13)18(21)12-14-4-2-3-5-16(14)17-19-10-11-20(17)18/h2-9,21H,10-12H2,1H3/t18-/m0/s1. The Kier molecular flexibility index (Phi) is 2.66. The summed E-state index contributed by atoms with van der Waals surface area (Å²) < 4.78 is 0. The summed E-state index contributed by atoms with van der Waals surface area (Å²) in [5.74, 6) is 0.930. The second-order valence-corrected chi connectivity index (χ2v) is 5.87. The van der Waals surface area contributed by atoms with Crippen LogP contribution < -0.4 is 0 Å². The van der Waals surface area contributed by atoms with Gasteiger partial charge >= 0.3 is 0 Å². The van der Waals surface area contributed by atoms with Crippen molar-refractivity contribution in [1.82, 2.24) is 4.90 Å². The first-order chi connectivity index (χ1) is 10.2. The molecule has 2 aliphatic rings. The monoisotopic (exact) mass is 278 g/mol. The molecule has 0 saturated heterocycles. The van der Waals surface area contributed by atoms with Crippen molar-refractivity contribution in [1.29, 1.82) is 0 Å². The van der Waals surface area contributed by atoms with E-state index in [0.717, 1.165) is 35.6 Å². The minimum atomic E-state index is -0.989. The lowest BCUT2D eigenvalue weighted by Gasteiger charge is -2.43. The van der Waals surface area contributed by atoms with Crippen LogP contribution in [0.1, 0.15) is 22.3 Å². The van der Waals surface area contributed by atoms with E-state index in [-0.39, 0.29) is 0 Å². The molecule has 0 saturated carbocycles. The molecule has 3 heteroatoms. The second kappa shape index (κ2) is 4.43. The van der Waals surface area contributed by atoms with E-state index in [4.69, 9.17) is 0 Å². The van der Waals surface area contributed by atoms with E-state index in [0.29, 0.717) is 6.42 Å². The molecule has 0 spiro atoms. The van der Waals surface area contributed by atoms with Gasteiger partial charge in [0.25, 0.3) is 0 Å². The van der Waals surface area contributed by atoms with E-state index in [2.05, 4.69) is 41.1 Å². The van der Waals surface area contributed by atoms with Gasteiger partial charge in [0.15, 0.2) is 5.72 Å². The summed E-state index contributed by atoms with van der Waals surface area (Å²) in [5, 5.41) is 11.4. The Balaban J connectivity index is 1.87. The first-order valence-electron chi connectivity index (χ1n) is 7.38. The third-order valence-electron chi connectivity index (χ3n) is 4.50. The molecule has 4 rings (SSSR count). The van der Waals surface area contributed by atoms with Crippen LogP contribution in [0.15, 0.2) is 53.5 Å². The van der Waals surface area contributed by atoms with Gasteiger partial charge in [0.05, 0.1) is 6.54 Å². The zero-order valence-electron chi connectivity index (χ0n) is 12.1. The maximum absolute atomic E-state index is 11.4. The van der Waals surface area contributed by atoms with Gasteiger partial charge in [-0.05, 0) is 12.5 Å². The molecule has 21 heavy (non-hydrogen) atoms. The molecule has 106 valence electrons. The van der Waals surface area contributed by atoms with E-state index < -0.39 is 5.72 Å². The fourth-order valence-electron chi connectivity index (χ4n) is 3.37. The van der Waals surface area contributed by atoms with Crippen molar-refractivity contribution in [2.75, 3.05) is 13.1 Å². The zero-order chi connectivity index (χ0) is 14.4. The molecule has 3 nitrogen and oxygen atoms in total. The van der Waals surface area contributed by atoms with Gasteiger partial charge in [0.2, 0.25) is 0 Å². The number of aliphatic hydroxyl groups is 1. The van der Waals surface area contributed by atoms with Crippen molar-refractivity contribution in [2.45, 2.75) is 19.1 Å². The molecule has 0 amide bonds. The molecule has 0 aliphatic carbocycles. The summed E-state index contributed by atoms with van der Waals surface area (Å²) in [6.07, 6.45) is 0.602. The molecule has 2 heterocycles. The van der Waals surface area contributed by atoms with Crippen LogP contribution in [0, 0.1) is 6.92 Å². The Morgan fingerprint density at radius 2 is 1.86 bits per heavy atom. The minimum Gasteiger partial charge on any atom is -0.366 e. The van der Waals surface area contributed by atoms with Crippen LogP contribution in [0.4, 0.5) is 0 Å². The number of nitrogens with zero attached hydrogens (tertiary/aromatic N) is 2. The number of hydrogen-bond donors (Lipinski definition) is 1. The Hall–Kier alpha value is -2.13. The van der Waals surface area contributed by atoms with Crippen LogP contribution in [0.25, 0.3) is 0 Å². The first kappa shape index (κ1) is 12.6. The van der Waals surface area contributed by atoms with Gasteiger partial charge in [-0.2, -0.15) is 0 Å². The van der Waals surface area contributed by atoms with E-state index in [1.165, 1.54) is 5.56 Å². The fraction of sp³-hybridized carbons (Fsp3) is 0.278. The van der Waals surface area contributed by atoms with E-state index in [1.807, 2.05) is 24.3 Å². The lowest BCUT2D eigenvalue weighted by atomic mass is 9.86. The number of aryl methyl sites for hydroxylation is 1. The van der Waals surface area contributed by atoms with Crippen LogP contribution in [0.2, 0.25) is 0 Å². The van der Waals surface area contributed by atoms with E-state index in [1.54, 1.807) is 0 Å². The average Bonchev–Trinajstić information content (AvgIpc) is 2.99. The number of hydrogen-bond acceptors (Lipinski definition) is 3. The summed E-state index contributed by atoms with van der Waals surface area (Å²) in [7, 11) is 0. The van der Waals surface area contributed by atoms with Crippen LogP contribution in [0.3, 0.4) is 0 Å². The predicted octanol–water partition coefficient (Wildman–Crippen LogP) is 2.46. The molecule has 1 atom stereocenters. The Morgan fingerprint density at radius 1 is 1.10 bits per heavy atom. The number of aliphatic imine (C=N–C) groups is 1. The first-order valence-corrected chi connectivity index (χ1v) is 7.38. The molecule has 0 bridgehead atoms. The number of benzene rings is 2. The summed E-state index contributed by atoms with van der Waals surface area (Å²) in [4.78, 5) is 6.68. The number of amidine groups is 1. The topological polar surface area (TPSA) is 35.8 Å². The largest absolute Gasteiger partial charge is 0.366 e. The normalized spacial score (nSPS) is 23.5. The number of fused-ring (bicyclic) bond motifs is 3. The van der Waals surface area contributed by atoms with Gasteiger partial charge in [-0.15, -0.1) is 0 Å². The van der Waals surface area contributed by atoms with Gasteiger partial charge < -0.3 is 10.0 Å². The van der Waals surface area contributed by atoms with Crippen molar-refractivity contribution >= 4 is 5.84 Å². The summed E-state index contributed by atoms with van der Waals surface area (Å²) in [6, 6.07) is 16.4. The van der Waals surface area contributed by atoms with Crippen molar-refractivity contribution in [3.05, 3.63) is 70.8 Å². The SMILES string of the molecule is Cc1ccc([C@@]2(O)Cc3ccccc3C3=NCCN32)cc1. The quantitative estimate of drug-likeness (QED) is 0.870. The van der Waals surface area contributed by atoms with Crippen LogP contribution in [-0.4, -0.2) is 28.9 Å². The van der Waals surface area contributed by atoms with Gasteiger partial charge in [0, 0.05) is 24.1 Å². The van der Waals surface area contributed by atoms with Gasteiger partial charge in [-0.1, -0.05) is 54.1 Å². The molecule has 2 aromatic rings. The van der Waals surface area contributed by atoms with Crippen LogP contribution >= 0.6 is 0 Å². The van der Waals surface area contributed by atoms with Gasteiger partial charge in [0.1, 0.15) is 5.84 Å². The smallest absolute Gasteiger partial charge is 0.169 e. The summed E-state index contributed by atoms with van der Waals surface area (Å²) >= 11 is 0. The molecule has 0 aromatic heterocycles. The van der Waals surface area contributed by atoms with Crippen LogP contribution in [-0.2, 0) is 12.1 Å². The Labute approximate surface area is 124 Å². The lowest BCUT2D eigenvalue weighted by molar-refractivity contribution is -0.0745. The van der Waals surface area contributed by atoms with Crippen molar-refractivity contribution in [3.8, 4) is 0 Å². The molecular weight excluding hydrogens is 260 g/mol. The molecule has 2 aromatic carbocycles. The summed E-state index contributed by atoms with van der Waals surface area (Å²) in [6.45, 7) is 3.58. The zero-order valence-corrected chi connectivity index (χ0v) is 12.1. The molecule has 1 N–H and O–H groups in total. The minimum absolute atomic E-state index is 0.602. The molecule has 0 fully saturated rings. The Bertz CT molecular complexity index is 720. The van der Waals surface area contributed by atoms with Crippen molar-refractivity contribution in [3.63, 3.8) is 0 Å². The van der Waals surface area contributed by atoms with Crippen molar-refractivity contribution < 1.29 is 5.11 Å². The van der Waals surface area contributed by atoms with Crippen molar-refractivity contribution in [2.24, 2.45) is 4.99 Å². The predicted molar refractivity (Wildman–Crippen MR) is 83.3 cm³/mol. The van der Waals surface area contributed by atoms with Crippen LogP contribution in [0.5, 0.6) is 0 Å². The highest BCUT2D eigenvalue weighted by molar-refractivity contribution is 6.02. The van der Waals surface area contributed by atoms with E-state index in [9.17, 15) is 5.11 Å². The third-order valence-corrected chi connectivity index (χ3v) is 4.50. The highest BCUT2D eigenvalue weighted by Crippen LogP contribution is 2.38. The van der Waals surface area contributed by atoms with E-state index >= 15 is 0 Å². The van der Waals surface area contributed by atoms with Gasteiger partial charge in [-0.25, -0.2) is 0 Å².